The highest BCUT2D eigenvalue weighted by Crippen LogP contribution is 2.38. The molecule has 4 nitrogen and oxygen atoms in total. The Bertz CT molecular complexity index is 752. The topological polar surface area (TPSA) is 41.9 Å². The van der Waals surface area contributed by atoms with E-state index in [0.717, 1.165) is 43.7 Å². The van der Waals surface area contributed by atoms with E-state index in [1.165, 1.54) is 12.8 Å². The van der Waals surface area contributed by atoms with Gasteiger partial charge in [0.05, 0.1) is 11.1 Å². The smallest absolute Gasteiger partial charge is 0.225 e. The summed E-state index contributed by atoms with van der Waals surface area (Å²) < 4.78 is 14.4. The van der Waals surface area contributed by atoms with Gasteiger partial charge in [0.1, 0.15) is 11.3 Å². The van der Waals surface area contributed by atoms with Crippen molar-refractivity contribution in [3.05, 3.63) is 21.9 Å². The third-order valence-corrected chi connectivity index (χ3v) is 5.06. The van der Waals surface area contributed by atoms with Crippen LogP contribution in [0.25, 0.3) is 10.9 Å². The standard InChI is InChI=1S/C15H15Cl2FN4/c16-13-11(18)12-10-9(19-13)6-5-8-4-2-1-3-7-22(8)14(10)21-15(17)20-12/h8H,1-7H2. The summed E-state index contributed by atoms with van der Waals surface area (Å²) in [6.07, 6.45) is 6.39. The highest BCUT2D eigenvalue weighted by atomic mass is 35.5. The van der Waals surface area contributed by atoms with Crippen LogP contribution in [0.1, 0.15) is 37.8 Å². The fourth-order valence-electron chi connectivity index (χ4n) is 3.62. The molecule has 2 aromatic rings. The molecule has 2 aromatic heterocycles. The third kappa shape index (κ3) is 2.22. The van der Waals surface area contributed by atoms with Crippen molar-refractivity contribution >= 4 is 39.9 Å². The summed E-state index contributed by atoms with van der Waals surface area (Å²) in [5.74, 6) is 0.108. The number of anilines is 1. The van der Waals surface area contributed by atoms with Crippen LogP contribution in [0.3, 0.4) is 0 Å². The van der Waals surface area contributed by atoms with Crippen LogP contribution < -0.4 is 4.90 Å². The molecule has 0 aromatic carbocycles. The van der Waals surface area contributed by atoms with Crippen molar-refractivity contribution in [1.82, 2.24) is 15.0 Å². The van der Waals surface area contributed by atoms with Crippen LogP contribution in [-0.2, 0) is 6.42 Å². The quantitative estimate of drug-likeness (QED) is 0.533. The predicted octanol–water partition coefficient (Wildman–Crippen LogP) is 4.17. The minimum Gasteiger partial charge on any atom is -0.353 e. The first-order valence-electron chi connectivity index (χ1n) is 7.63. The number of hydrogen-bond acceptors (Lipinski definition) is 4. The van der Waals surface area contributed by atoms with Gasteiger partial charge in [-0.2, -0.15) is 4.98 Å². The number of aryl methyl sites for hydroxylation is 1. The Hall–Kier alpha value is -1.20. The van der Waals surface area contributed by atoms with E-state index < -0.39 is 5.82 Å². The van der Waals surface area contributed by atoms with Crippen molar-refractivity contribution in [2.75, 3.05) is 11.4 Å². The lowest BCUT2D eigenvalue weighted by Crippen LogP contribution is -2.35. The maximum atomic E-state index is 14.4. The summed E-state index contributed by atoms with van der Waals surface area (Å²) in [7, 11) is 0. The molecule has 1 atom stereocenters. The van der Waals surface area contributed by atoms with Crippen molar-refractivity contribution in [3.8, 4) is 0 Å². The Morgan fingerprint density at radius 1 is 1.05 bits per heavy atom. The van der Waals surface area contributed by atoms with Crippen LogP contribution in [0, 0.1) is 5.82 Å². The van der Waals surface area contributed by atoms with Gasteiger partial charge in [-0.1, -0.05) is 24.4 Å². The molecule has 0 radical (unpaired) electrons. The van der Waals surface area contributed by atoms with Crippen molar-refractivity contribution in [2.45, 2.75) is 44.6 Å². The molecule has 0 saturated carbocycles. The molecule has 2 aliphatic rings. The second kappa shape index (κ2) is 5.46. The van der Waals surface area contributed by atoms with E-state index in [1.807, 2.05) is 0 Å². The summed E-state index contributed by atoms with van der Waals surface area (Å²) in [6, 6.07) is 0.396. The lowest BCUT2D eigenvalue weighted by atomic mass is 10.0. The zero-order valence-corrected chi connectivity index (χ0v) is 13.5. The maximum Gasteiger partial charge on any atom is 0.225 e. The molecule has 1 saturated heterocycles. The maximum absolute atomic E-state index is 14.4. The highest BCUT2D eigenvalue weighted by Gasteiger charge is 2.30. The third-order valence-electron chi connectivity index (χ3n) is 4.64. The first-order chi connectivity index (χ1) is 10.6. The molecular formula is C15H15Cl2FN4. The molecule has 0 spiro atoms. The molecule has 22 heavy (non-hydrogen) atoms. The molecule has 2 aliphatic heterocycles. The minimum absolute atomic E-state index is 0.0551. The van der Waals surface area contributed by atoms with Crippen LogP contribution in [0.15, 0.2) is 0 Å². The van der Waals surface area contributed by atoms with Crippen LogP contribution in [0.2, 0.25) is 10.4 Å². The van der Waals surface area contributed by atoms with Gasteiger partial charge >= 0.3 is 0 Å². The van der Waals surface area contributed by atoms with E-state index in [-0.39, 0.29) is 16.0 Å². The molecule has 7 heteroatoms. The fraction of sp³-hybridized carbons (Fsp3) is 0.533. The summed E-state index contributed by atoms with van der Waals surface area (Å²) in [4.78, 5) is 15.0. The fourth-order valence-corrected chi connectivity index (χ4v) is 3.97. The number of halogens is 3. The normalized spacial score (nSPS) is 21.4. The summed E-state index contributed by atoms with van der Waals surface area (Å²) in [5.41, 5.74) is 0.969. The number of hydrogen-bond donors (Lipinski definition) is 0. The van der Waals surface area contributed by atoms with Gasteiger partial charge in [-0.3, -0.25) is 0 Å². The van der Waals surface area contributed by atoms with Gasteiger partial charge in [-0.15, -0.1) is 0 Å². The second-order valence-corrected chi connectivity index (χ2v) is 6.63. The molecule has 0 bridgehead atoms. The molecule has 0 N–H and O–H groups in total. The molecule has 1 fully saturated rings. The Balaban J connectivity index is 2.02. The first kappa shape index (κ1) is 14.4. The van der Waals surface area contributed by atoms with Crippen molar-refractivity contribution in [2.24, 2.45) is 0 Å². The van der Waals surface area contributed by atoms with Crippen LogP contribution in [0.4, 0.5) is 10.2 Å². The average molecular weight is 341 g/mol. The summed E-state index contributed by atoms with van der Waals surface area (Å²) in [6.45, 7) is 0.913. The van der Waals surface area contributed by atoms with Gasteiger partial charge in [0.25, 0.3) is 0 Å². The summed E-state index contributed by atoms with van der Waals surface area (Å²) >= 11 is 12.0. The number of pyridine rings is 1. The molecular weight excluding hydrogens is 326 g/mol. The van der Waals surface area contributed by atoms with Gasteiger partial charge in [0.2, 0.25) is 5.28 Å². The monoisotopic (exact) mass is 340 g/mol. The predicted molar refractivity (Wildman–Crippen MR) is 85.2 cm³/mol. The molecule has 4 heterocycles. The van der Waals surface area contributed by atoms with Crippen molar-refractivity contribution in [1.29, 1.82) is 0 Å². The SMILES string of the molecule is Fc1c(Cl)nc2c3c(nc(Cl)nc13)N1CCCCCC1CC2. The minimum atomic E-state index is -0.612. The largest absolute Gasteiger partial charge is 0.353 e. The Kier molecular flexibility index (Phi) is 3.57. The number of nitrogens with zero attached hydrogens (tertiary/aromatic N) is 4. The zero-order valence-electron chi connectivity index (χ0n) is 11.9. The van der Waals surface area contributed by atoms with Crippen LogP contribution >= 0.6 is 23.2 Å². The molecule has 1 unspecified atom stereocenters. The lowest BCUT2D eigenvalue weighted by Gasteiger charge is -2.30. The van der Waals surface area contributed by atoms with E-state index in [9.17, 15) is 4.39 Å². The van der Waals surface area contributed by atoms with Gasteiger partial charge in [-0.05, 0) is 37.3 Å². The van der Waals surface area contributed by atoms with Crippen molar-refractivity contribution < 1.29 is 4.39 Å². The van der Waals surface area contributed by atoms with E-state index in [2.05, 4.69) is 19.9 Å². The van der Waals surface area contributed by atoms with E-state index in [1.54, 1.807) is 0 Å². The van der Waals surface area contributed by atoms with E-state index in [0.29, 0.717) is 11.4 Å². The molecule has 0 aliphatic carbocycles. The Morgan fingerprint density at radius 3 is 2.77 bits per heavy atom. The van der Waals surface area contributed by atoms with Crippen LogP contribution in [0.5, 0.6) is 0 Å². The summed E-state index contributed by atoms with van der Waals surface area (Å²) in [5, 5.41) is 0.593. The van der Waals surface area contributed by atoms with Gasteiger partial charge in [-0.25, -0.2) is 14.4 Å². The molecule has 4 rings (SSSR count). The van der Waals surface area contributed by atoms with Gasteiger partial charge in [0, 0.05) is 12.6 Å². The van der Waals surface area contributed by atoms with Gasteiger partial charge in [0.15, 0.2) is 11.0 Å². The zero-order chi connectivity index (χ0) is 15.3. The van der Waals surface area contributed by atoms with Gasteiger partial charge < -0.3 is 4.90 Å². The van der Waals surface area contributed by atoms with Crippen LogP contribution in [-0.4, -0.2) is 27.5 Å². The lowest BCUT2D eigenvalue weighted by molar-refractivity contribution is 0.535. The molecule has 116 valence electrons. The number of fused-ring (bicyclic) bond motifs is 2. The average Bonchev–Trinajstić information content (AvgIpc) is 2.80. The second-order valence-electron chi connectivity index (χ2n) is 5.94. The van der Waals surface area contributed by atoms with Crippen molar-refractivity contribution in [3.63, 3.8) is 0 Å². The number of rotatable bonds is 0. The first-order valence-corrected chi connectivity index (χ1v) is 8.38. The van der Waals surface area contributed by atoms with E-state index in [4.69, 9.17) is 23.2 Å². The Morgan fingerprint density at radius 2 is 1.91 bits per heavy atom. The van der Waals surface area contributed by atoms with E-state index >= 15 is 0 Å². The highest BCUT2D eigenvalue weighted by molar-refractivity contribution is 6.31. The Labute approximate surface area is 137 Å². The molecule has 0 amide bonds. The number of aromatic nitrogens is 3.